The lowest BCUT2D eigenvalue weighted by molar-refractivity contribution is -0.155. The lowest BCUT2D eigenvalue weighted by Gasteiger charge is -2.37. The minimum Gasteiger partial charge on any atom is -0.464 e. The van der Waals surface area contributed by atoms with Gasteiger partial charge in [0.05, 0.1) is 42.2 Å². The maximum Gasteiger partial charge on any atom is 0.324 e. The van der Waals surface area contributed by atoms with Gasteiger partial charge in [0.15, 0.2) is 0 Å². The molecule has 14 heteroatoms. The number of cyclic esters (lactones) is 1. The molecule has 2 aliphatic heterocycles. The molecule has 358 valence electrons. The predicted molar refractivity (Wildman–Crippen MR) is 261 cm³/mol. The predicted octanol–water partition coefficient (Wildman–Crippen LogP) is 7.98. The van der Waals surface area contributed by atoms with Gasteiger partial charge in [-0.15, -0.1) is 0 Å². The number of amides is 3. The first kappa shape index (κ1) is 49.2. The number of hydrazine groups is 1. The highest BCUT2D eigenvalue weighted by Crippen LogP contribution is 2.42. The van der Waals surface area contributed by atoms with Crippen LogP contribution in [0.25, 0.3) is 33.3 Å². The summed E-state index contributed by atoms with van der Waals surface area (Å²) in [7, 11) is 3.37. The zero-order chi connectivity index (χ0) is 48.2. The van der Waals surface area contributed by atoms with Crippen molar-refractivity contribution in [3.8, 4) is 22.4 Å². The maximum atomic E-state index is 14.7. The van der Waals surface area contributed by atoms with Crippen LogP contribution in [0.4, 0.5) is 0 Å². The van der Waals surface area contributed by atoms with E-state index >= 15 is 0 Å². The summed E-state index contributed by atoms with van der Waals surface area (Å²) in [5.74, 6) is -1.89. The van der Waals surface area contributed by atoms with Gasteiger partial charge in [0, 0.05) is 67.7 Å². The van der Waals surface area contributed by atoms with E-state index < -0.39 is 35.4 Å². The number of nitrogens with zero attached hydrogens (tertiary/aromatic N) is 6. The number of benzene rings is 2. The van der Waals surface area contributed by atoms with Crippen LogP contribution in [0.1, 0.15) is 110 Å². The first-order chi connectivity index (χ1) is 32.0. The van der Waals surface area contributed by atoms with Crippen LogP contribution >= 0.6 is 0 Å². The lowest BCUT2D eigenvalue weighted by Crippen LogP contribution is -2.62. The van der Waals surface area contributed by atoms with Crippen LogP contribution < -0.4 is 10.7 Å². The molecule has 6 bridgehead atoms. The zero-order valence-corrected chi connectivity index (χ0v) is 41.1. The van der Waals surface area contributed by atoms with Crippen LogP contribution in [0.5, 0.6) is 0 Å². The third-order valence-corrected chi connectivity index (χ3v) is 13.6. The first-order valence-electron chi connectivity index (χ1n) is 24.2. The minimum absolute atomic E-state index is 0.0506. The fourth-order valence-electron chi connectivity index (χ4n) is 10.1. The molecule has 4 heterocycles. The van der Waals surface area contributed by atoms with E-state index in [0.29, 0.717) is 45.2 Å². The number of carbonyl (C=O) groups is 4. The fourth-order valence-corrected chi connectivity index (χ4v) is 10.1. The lowest BCUT2D eigenvalue weighted by atomic mass is 9.84. The second-order valence-corrected chi connectivity index (χ2v) is 20.1. The van der Waals surface area contributed by atoms with Crippen molar-refractivity contribution in [3.05, 3.63) is 77.6 Å². The summed E-state index contributed by atoms with van der Waals surface area (Å²) in [5, 5.41) is 5.66. The van der Waals surface area contributed by atoms with Crippen molar-refractivity contribution in [1.29, 1.82) is 0 Å². The molecule has 6 atom stereocenters. The Kier molecular flexibility index (Phi) is 15.5. The van der Waals surface area contributed by atoms with E-state index in [0.717, 1.165) is 56.5 Å². The molecule has 2 fully saturated rings. The Morgan fingerprint density at radius 3 is 2.55 bits per heavy atom. The summed E-state index contributed by atoms with van der Waals surface area (Å²) in [5.41, 5.74) is 10.6. The van der Waals surface area contributed by atoms with Gasteiger partial charge in [-0.25, -0.2) is 15.4 Å². The summed E-state index contributed by atoms with van der Waals surface area (Å²) in [6, 6.07) is 19.0. The van der Waals surface area contributed by atoms with Crippen molar-refractivity contribution in [1.82, 2.24) is 30.2 Å². The van der Waals surface area contributed by atoms with Crippen molar-refractivity contribution in [3.63, 3.8) is 0 Å². The van der Waals surface area contributed by atoms with E-state index in [9.17, 15) is 19.2 Å². The Bertz CT molecular complexity index is 2520. The van der Waals surface area contributed by atoms with Crippen LogP contribution in [0.2, 0.25) is 0 Å². The molecule has 2 N–H and O–H groups in total. The number of fused-ring (bicyclic) bond motifs is 6. The Morgan fingerprint density at radius 2 is 1.82 bits per heavy atom. The van der Waals surface area contributed by atoms with Gasteiger partial charge < -0.3 is 24.3 Å². The number of ether oxygens (including phenoxy) is 2. The van der Waals surface area contributed by atoms with Crippen molar-refractivity contribution in [2.45, 2.75) is 143 Å². The number of esters is 1. The van der Waals surface area contributed by atoms with Gasteiger partial charge in [-0.2, -0.15) is 0 Å². The highest BCUT2D eigenvalue weighted by Gasteiger charge is 2.40. The highest BCUT2D eigenvalue weighted by molar-refractivity contribution is 5.96. The molecule has 3 amide bonds. The number of hydrogen-bond acceptors (Lipinski definition) is 10. The van der Waals surface area contributed by atoms with Gasteiger partial charge in [-0.1, -0.05) is 58.0 Å². The summed E-state index contributed by atoms with van der Waals surface area (Å²) in [6.45, 7) is 17.3. The number of aromatic nitrogens is 2. The van der Waals surface area contributed by atoms with Gasteiger partial charge in [0.1, 0.15) is 18.1 Å². The number of aryl methyl sites for hydroxylation is 1. The van der Waals surface area contributed by atoms with E-state index in [-0.39, 0.29) is 54.9 Å². The molecule has 4 aromatic rings. The maximum absolute atomic E-state index is 14.7. The summed E-state index contributed by atoms with van der Waals surface area (Å²) < 4.78 is 14.3. The number of rotatable bonds is 11. The number of nitrogens with one attached hydrogen (secondary N) is 2. The Labute approximate surface area is 396 Å². The Morgan fingerprint density at radius 1 is 1.04 bits per heavy atom. The molecule has 1 saturated carbocycles. The van der Waals surface area contributed by atoms with Crippen LogP contribution in [-0.4, -0.2) is 107 Å². The van der Waals surface area contributed by atoms with E-state index in [4.69, 9.17) is 14.5 Å². The monoisotopic (exact) mass is 915 g/mol. The van der Waals surface area contributed by atoms with E-state index in [1.807, 2.05) is 52.8 Å². The largest absolute Gasteiger partial charge is 0.464 e. The zero-order valence-electron chi connectivity index (χ0n) is 41.1. The normalized spacial score (nSPS) is 21.9. The molecule has 3 aliphatic rings. The quantitative estimate of drug-likeness (QED) is 0.113. The number of carbonyl (C=O) groups excluding carboxylic acids is 4. The molecule has 2 aromatic heterocycles. The SMILES string of the molecule is CCn1c(-c2cccnc2[C@H](C)OC)c2c3cc(ccc31)-c1cccc(c1)C[C@H](NC(=O)[C@H](C(C)C)N(C)C(=O)[C@H]1CC[C@H](N=C=NC(C)C)C1)C(=O)N1CCC[C@H](N1)C(=O)OCC(C)(C)C2. The molecule has 7 rings (SSSR count). The molecule has 0 radical (unpaired) electrons. The van der Waals surface area contributed by atoms with Crippen molar-refractivity contribution < 1.29 is 28.7 Å². The summed E-state index contributed by atoms with van der Waals surface area (Å²) in [6.07, 6.45) is 5.35. The van der Waals surface area contributed by atoms with E-state index in [1.165, 1.54) is 5.01 Å². The second-order valence-electron chi connectivity index (χ2n) is 20.1. The topological polar surface area (TPSA) is 160 Å². The third kappa shape index (κ3) is 11.0. The van der Waals surface area contributed by atoms with E-state index in [2.05, 4.69) is 88.5 Å². The van der Waals surface area contributed by atoms with Gasteiger partial charge in [0.25, 0.3) is 5.91 Å². The van der Waals surface area contributed by atoms with Crippen LogP contribution in [-0.2, 0) is 48.0 Å². The Hall–Kier alpha value is -5.69. The highest BCUT2D eigenvalue weighted by atomic mass is 16.5. The average molecular weight is 915 g/mol. The molecule has 67 heavy (non-hydrogen) atoms. The van der Waals surface area contributed by atoms with Crippen LogP contribution in [0, 0.1) is 17.3 Å². The number of pyridine rings is 1. The van der Waals surface area contributed by atoms with Crippen molar-refractivity contribution >= 4 is 40.6 Å². The van der Waals surface area contributed by atoms with E-state index in [1.54, 1.807) is 25.3 Å². The van der Waals surface area contributed by atoms with Gasteiger partial charge in [-0.05, 0) is 119 Å². The molecular formula is C53H70N8O6. The smallest absolute Gasteiger partial charge is 0.324 e. The number of likely N-dealkylation sites (N-methyl/N-ethyl adjacent to an activating group) is 1. The summed E-state index contributed by atoms with van der Waals surface area (Å²) in [4.78, 5) is 72.4. The minimum atomic E-state index is -1.02. The fraction of sp³-hybridized carbons (Fsp3) is 0.547. The van der Waals surface area contributed by atoms with Crippen molar-refractivity contribution in [2.24, 2.45) is 27.2 Å². The Balaban J connectivity index is 1.26. The molecule has 0 unspecified atom stereocenters. The second kappa shape index (κ2) is 21.1. The third-order valence-electron chi connectivity index (χ3n) is 13.6. The molecule has 2 aromatic carbocycles. The van der Waals surface area contributed by atoms with Gasteiger partial charge in [-0.3, -0.25) is 29.2 Å². The number of methoxy groups -OCH3 is 1. The van der Waals surface area contributed by atoms with Crippen molar-refractivity contribution in [2.75, 3.05) is 27.3 Å². The standard InChI is InChI=1S/C53H70N8O6/c1-11-60-45-22-20-37-28-41(45)42(48(60)40-17-13-23-54-46(40)34(6)66-10)29-53(7,8)30-67-52(65)43-18-14-24-61(58-43)51(64)44(26-35-15-12-16-36(37)25-35)57-49(62)47(32(2)3)59(9)50(63)38-19-21-39(27-38)56-31-55-33(4)5/h12-13,15-17,20,22-23,25,28,32-34,38-39,43-44,47,58H,11,14,18-19,21,24,26-27,29-30H2,1-10H3,(H,57,62)/t34-,38-,39-,43-,44-,47-/m0/s1. The summed E-state index contributed by atoms with van der Waals surface area (Å²) >= 11 is 0. The van der Waals surface area contributed by atoms with Crippen LogP contribution in [0.15, 0.2) is 70.8 Å². The average Bonchev–Trinajstić information content (AvgIpc) is 3.91. The number of aliphatic imine (C=N–C) groups is 2. The first-order valence-corrected chi connectivity index (χ1v) is 24.2. The van der Waals surface area contributed by atoms with Crippen LogP contribution in [0.3, 0.4) is 0 Å². The molecule has 1 aliphatic carbocycles. The number of hydrogen-bond donors (Lipinski definition) is 2. The molecule has 0 spiro atoms. The molecule has 14 nitrogen and oxygen atoms in total. The molecular weight excluding hydrogens is 845 g/mol. The van der Waals surface area contributed by atoms with Gasteiger partial charge >= 0.3 is 5.97 Å². The molecule has 1 saturated heterocycles. The van der Waals surface area contributed by atoms with Gasteiger partial charge in [0.2, 0.25) is 11.8 Å².